The van der Waals surface area contributed by atoms with E-state index in [9.17, 15) is 5.26 Å². The molecule has 0 fully saturated rings. The topological polar surface area (TPSA) is 36.9 Å². The standard InChI is InChI=1S/C24H25N2O/c1-26-14-5-4-10-22(26)23-11-3-2-8-19-12-13-21(16-24(19)27-23)20-9-6-7-18(15-20)17-25/h4-7,9-11,14-15,21H,2-3,8,12-13,16H2,1H3/q+1. The molecule has 0 saturated carbocycles. The fraction of sp³-hybridized carbons (Fsp3) is 0.333. The number of rotatable bonds is 2. The molecule has 2 aliphatic rings. The van der Waals surface area contributed by atoms with Gasteiger partial charge in [-0.3, -0.25) is 0 Å². The van der Waals surface area contributed by atoms with Gasteiger partial charge in [0.15, 0.2) is 12.0 Å². The summed E-state index contributed by atoms with van der Waals surface area (Å²) in [5, 5.41) is 9.21. The summed E-state index contributed by atoms with van der Waals surface area (Å²) in [4.78, 5) is 0. The van der Waals surface area contributed by atoms with Crippen molar-refractivity contribution in [3.05, 3.63) is 82.9 Å². The molecule has 1 aromatic carbocycles. The Labute approximate surface area is 161 Å². The van der Waals surface area contributed by atoms with E-state index in [0.717, 1.165) is 54.9 Å². The van der Waals surface area contributed by atoms with E-state index in [1.807, 2.05) is 24.3 Å². The molecule has 2 heterocycles. The maximum absolute atomic E-state index is 9.21. The molecule has 0 spiro atoms. The highest BCUT2D eigenvalue weighted by atomic mass is 16.5. The number of pyridine rings is 1. The van der Waals surface area contributed by atoms with Gasteiger partial charge in [0.2, 0.25) is 5.69 Å². The van der Waals surface area contributed by atoms with E-state index >= 15 is 0 Å². The van der Waals surface area contributed by atoms with E-state index in [4.69, 9.17) is 4.74 Å². The first-order chi connectivity index (χ1) is 13.2. The Morgan fingerprint density at radius 2 is 2.07 bits per heavy atom. The average molecular weight is 357 g/mol. The molecule has 3 heteroatoms. The van der Waals surface area contributed by atoms with E-state index in [0.29, 0.717) is 5.92 Å². The summed E-state index contributed by atoms with van der Waals surface area (Å²) in [5.74, 6) is 2.53. The van der Waals surface area contributed by atoms with E-state index < -0.39 is 0 Å². The summed E-state index contributed by atoms with van der Waals surface area (Å²) in [5.41, 5.74) is 4.58. The van der Waals surface area contributed by atoms with Crippen molar-refractivity contribution < 1.29 is 9.30 Å². The minimum absolute atomic E-state index is 0.419. The first-order valence-electron chi connectivity index (χ1n) is 9.78. The van der Waals surface area contributed by atoms with Crippen molar-refractivity contribution >= 4 is 5.76 Å². The van der Waals surface area contributed by atoms with E-state index in [-0.39, 0.29) is 0 Å². The number of nitrogens with zero attached hydrogens (tertiary/aromatic N) is 2. The summed E-state index contributed by atoms with van der Waals surface area (Å²) in [6.45, 7) is 0. The van der Waals surface area contributed by atoms with Crippen LogP contribution in [0.4, 0.5) is 0 Å². The molecule has 136 valence electrons. The summed E-state index contributed by atoms with van der Waals surface area (Å²) in [6, 6.07) is 16.5. The van der Waals surface area contributed by atoms with Crippen molar-refractivity contribution in [2.24, 2.45) is 7.05 Å². The minimum atomic E-state index is 0.419. The van der Waals surface area contributed by atoms with Crippen LogP contribution in [0.15, 0.2) is 66.1 Å². The van der Waals surface area contributed by atoms with Gasteiger partial charge in [-0.15, -0.1) is 0 Å². The van der Waals surface area contributed by atoms with Crippen molar-refractivity contribution in [3.63, 3.8) is 0 Å². The lowest BCUT2D eigenvalue weighted by Crippen LogP contribution is -2.32. The molecule has 0 N–H and O–H groups in total. The van der Waals surface area contributed by atoms with Crippen LogP contribution in [-0.2, 0) is 11.8 Å². The van der Waals surface area contributed by atoms with Crippen LogP contribution in [0.2, 0.25) is 0 Å². The Kier molecular flexibility index (Phi) is 5.07. The van der Waals surface area contributed by atoms with Gasteiger partial charge in [0.1, 0.15) is 12.8 Å². The largest absolute Gasteiger partial charge is 0.455 e. The zero-order chi connectivity index (χ0) is 18.6. The molecule has 1 atom stereocenters. The smallest absolute Gasteiger partial charge is 0.247 e. The normalized spacial score (nSPS) is 19.9. The molecule has 1 aromatic heterocycles. The third kappa shape index (κ3) is 3.80. The Balaban J connectivity index is 1.62. The van der Waals surface area contributed by atoms with Crippen LogP contribution in [0.3, 0.4) is 0 Å². The highest BCUT2D eigenvalue weighted by molar-refractivity contribution is 5.55. The van der Waals surface area contributed by atoms with Gasteiger partial charge >= 0.3 is 0 Å². The highest BCUT2D eigenvalue weighted by Gasteiger charge is 2.27. The fourth-order valence-electron chi connectivity index (χ4n) is 4.14. The molecule has 1 aliphatic heterocycles. The Morgan fingerprint density at radius 1 is 1.15 bits per heavy atom. The fourth-order valence-corrected chi connectivity index (χ4v) is 4.14. The number of aromatic nitrogens is 1. The van der Waals surface area contributed by atoms with Gasteiger partial charge in [-0.1, -0.05) is 12.1 Å². The molecule has 3 nitrogen and oxygen atoms in total. The van der Waals surface area contributed by atoms with Gasteiger partial charge in [-0.25, -0.2) is 0 Å². The second-order valence-electron chi connectivity index (χ2n) is 7.46. The number of nitriles is 1. The van der Waals surface area contributed by atoms with Crippen molar-refractivity contribution in [3.8, 4) is 6.07 Å². The third-order valence-electron chi connectivity index (χ3n) is 5.66. The van der Waals surface area contributed by atoms with E-state index in [1.165, 1.54) is 17.6 Å². The van der Waals surface area contributed by atoms with Gasteiger partial charge in [0.05, 0.1) is 11.6 Å². The van der Waals surface area contributed by atoms with Crippen LogP contribution in [0.1, 0.15) is 61.3 Å². The Hall–Kier alpha value is -2.86. The molecule has 0 bridgehead atoms. The predicted octanol–water partition coefficient (Wildman–Crippen LogP) is 5.15. The van der Waals surface area contributed by atoms with Crippen LogP contribution < -0.4 is 4.57 Å². The number of allylic oxidation sites excluding steroid dienone is 3. The number of ether oxygens (including phenoxy) is 1. The predicted molar refractivity (Wildman–Crippen MR) is 105 cm³/mol. The number of hydrogen-bond acceptors (Lipinski definition) is 2. The second-order valence-corrected chi connectivity index (χ2v) is 7.46. The highest BCUT2D eigenvalue weighted by Crippen LogP contribution is 2.41. The summed E-state index contributed by atoms with van der Waals surface area (Å²) < 4.78 is 8.64. The lowest BCUT2D eigenvalue weighted by atomic mass is 9.81. The van der Waals surface area contributed by atoms with Crippen LogP contribution in [0.25, 0.3) is 5.76 Å². The second kappa shape index (κ2) is 7.80. The first kappa shape index (κ1) is 17.5. The number of aryl methyl sites for hydroxylation is 1. The number of benzene rings is 1. The van der Waals surface area contributed by atoms with Crippen molar-refractivity contribution in [1.82, 2.24) is 0 Å². The van der Waals surface area contributed by atoms with E-state index in [1.54, 1.807) is 0 Å². The minimum Gasteiger partial charge on any atom is -0.455 e. The number of hydrogen-bond donors (Lipinski definition) is 0. The zero-order valence-corrected chi connectivity index (χ0v) is 15.8. The zero-order valence-electron chi connectivity index (χ0n) is 15.8. The molecule has 4 rings (SSSR count). The van der Waals surface area contributed by atoms with Gasteiger partial charge in [0.25, 0.3) is 0 Å². The van der Waals surface area contributed by atoms with E-state index in [2.05, 4.69) is 48.2 Å². The maximum Gasteiger partial charge on any atom is 0.247 e. The SMILES string of the molecule is C[n+]1ccccc1C1=CCCCC2=C(CC(c3cccc(C#N)c3)CC2)O1. The maximum atomic E-state index is 9.21. The van der Waals surface area contributed by atoms with Gasteiger partial charge in [-0.2, -0.15) is 9.83 Å². The quantitative estimate of drug-likeness (QED) is 0.697. The molecule has 0 radical (unpaired) electrons. The van der Waals surface area contributed by atoms with Crippen molar-refractivity contribution in [2.45, 2.75) is 44.4 Å². The monoisotopic (exact) mass is 357 g/mol. The van der Waals surface area contributed by atoms with Crippen LogP contribution in [0, 0.1) is 11.3 Å². The summed E-state index contributed by atoms with van der Waals surface area (Å²) in [6.07, 6.45) is 10.8. The molecule has 27 heavy (non-hydrogen) atoms. The molecule has 1 aliphatic carbocycles. The average Bonchev–Trinajstić information content (AvgIpc) is 2.69. The van der Waals surface area contributed by atoms with Crippen LogP contribution >= 0.6 is 0 Å². The summed E-state index contributed by atoms with van der Waals surface area (Å²) in [7, 11) is 2.06. The van der Waals surface area contributed by atoms with Crippen molar-refractivity contribution in [1.29, 1.82) is 5.26 Å². The van der Waals surface area contributed by atoms with Gasteiger partial charge < -0.3 is 4.74 Å². The van der Waals surface area contributed by atoms with Gasteiger partial charge in [-0.05, 0) is 73.4 Å². The Morgan fingerprint density at radius 3 is 2.93 bits per heavy atom. The lowest BCUT2D eigenvalue weighted by Gasteiger charge is -2.29. The molecule has 2 aromatic rings. The van der Waals surface area contributed by atoms with Crippen LogP contribution in [0.5, 0.6) is 0 Å². The lowest BCUT2D eigenvalue weighted by molar-refractivity contribution is -0.674. The third-order valence-corrected chi connectivity index (χ3v) is 5.66. The van der Waals surface area contributed by atoms with Crippen molar-refractivity contribution in [2.75, 3.05) is 0 Å². The summed E-state index contributed by atoms with van der Waals surface area (Å²) >= 11 is 0. The molecular formula is C24H25N2O+. The van der Waals surface area contributed by atoms with Gasteiger partial charge in [0, 0.05) is 18.6 Å². The van der Waals surface area contributed by atoms with Crippen LogP contribution in [-0.4, -0.2) is 0 Å². The molecule has 0 amide bonds. The molecule has 1 unspecified atom stereocenters. The first-order valence-corrected chi connectivity index (χ1v) is 9.78. The molecule has 0 saturated heterocycles. The Bertz CT molecular complexity index is 949. The molecular weight excluding hydrogens is 332 g/mol.